The Balaban J connectivity index is 1.41. The van der Waals surface area contributed by atoms with Gasteiger partial charge in [-0.3, -0.25) is 24.1 Å². The molecule has 2 aromatic rings. The molecule has 2 aromatic carbocycles. The number of hydrogen-bond donors (Lipinski definition) is 3. The van der Waals surface area contributed by atoms with E-state index in [4.69, 9.17) is 4.74 Å². The van der Waals surface area contributed by atoms with E-state index in [9.17, 15) is 24.0 Å². The lowest BCUT2D eigenvalue weighted by Crippen LogP contribution is -2.34. The largest absolute Gasteiger partial charge is 0.444 e. The Kier molecular flexibility index (Phi) is 9.00. The summed E-state index contributed by atoms with van der Waals surface area (Å²) in [7, 11) is 0. The molecule has 0 bridgehead atoms. The zero-order chi connectivity index (χ0) is 27.0. The Morgan fingerprint density at radius 2 is 1.46 bits per heavy atom. The number of rotatable bonds is 10. The van der Waals surface area contributed by atoms with Crippen LogP contribution in [-0.4, -0.2) is 53.3 Å². The smallest absolute Gasteiger partial charge is 0.407 e. The van der Waals surface area contributed by atoms with Crippen molar-refractivity contribution in [3.05, 3.63) is 65.2 Å². The Bertz CT molecular complexity index is 1150. The molecule has 0 spiro atoms. The molecule has 37 heavy (non-hydrogen) atoms. The van der Waals surface area contributed by atoms with E-state index >= 15 is 0 Å². The van der Waals surface area contributed by atoms with E-state index in [1.165, 1.54) is 4.90 Å². The minimum Gasteiger partial charge on any atom is -0.444 e. The maximum absolute atomic E-state index is 12.4. The number of anilines is 1. The molecule has 0 aliphatic carbocycles. The number of imide groups is 1. The monoisotopic (exact) mass is 508 g/mol. The SMILES string of the molecule is CC(C)(C)OC(=O)NCCC(=O)Nc1ccccc1CNC(=O)CCCN1C(=O)c2ccccc2C1=O. The van der Waals surface area contributed by atoms with Gasteiger partial charge >= 0.3 is 6.09 Å². The molecule has 3 N–H and O–H groups in total. The van der Waals surface area contributed by atoms with Crippen LogP contribution >= 0.6 is 0 Å². The minimum absolute atomic E-state index is 0.0533. The number of nitrogens with one attached hydrogen (secondary N) is 3. The van der Waals surface area contributed by atoms with Crippen LogP contribution in [-0.2, 0) is 20.9 Å². The molecule has 5 amide bonds. The molecule has 196 valence electrons. The van der Waals surface area contributed by atoms with Gasteiger partial charge in [0.25, 0.3) is 11.8 Å². The minimum atomic E-state index is -0.620. The molecule has 0 radical (unpaired) electrons. The quantitative estimate of drug-likeness (QED) is 0.422. The van der Waals surface area contributed by atoms with Gasteiger partial charge in [0.05, 0.1) is 11.1 Å². The van der Waals surface area contributed by atoms with Gasteiger partial charge in [-0.15, -0.1) is 0 Å². The van der Waals surface area contributed by atoms with Crippen molar-refractivity contribution in [3.8, 4) is 0 Å². The molecule has 0 atom stereocenters. The van der Waals surface area contributed by atoms with Gasteiger partial charge in [0.1, 0.15) is 5.60 Å². The van der Waals surface area contributed by atoms with Crippen molar-refractivity contribution in [2.45, 2.75) is 52.2 Å². The van der Waals surface area contributed by atoms with E-state index in [2.05, 4.69) is 16.0 Å². The molecule has 0 saturated carbocycles. The van der Waals surface area contributed by atoms with Crippen LogP contribution in [0.15, 0.2) is 48.5 Å². The Morgan fingerprint density at radius 1 is 0.838 bits per heavy atom. The second kappa shape index (κ2) is 12.2. The Morgan fingerprint density at radius 3 is 2.11 bits per heavy atom. The van der Waals surface area contributed by atoms with Crippen molar-refractivity contribution in [1.29, 1.82) is 0 Å². The zero-order valence-electron chi connectivity index (χ0n) is 21.3. The van der Waals surface area contributed by atoms with Crippen molar-refractivity contribution in [2.24, 2.45) is 0 Å². The lowest BCUT2D eigenvalue weighted by atomic mass is 10.1. The van der Waals surface area contributed by atoms with Crippen LogP contribution in [0.5, 0.6) is 0 Å². The highest BCUT2D eigenvalue weighted by atomic mass is 16.6. The number of carbonyl (C=O) groups is 5. The van der Waals surface area contributed by atoms with E-state index in [1.807, 2.05) is 0 Å². The van der Waals surface area contributed by atoms with Gasteiger partial charge in [-0.05, 0) is 51.0 Å². The number of ether oxygens (including phenoxy) is 1. The van der Waals surface area contributed by atoms with Gasteiger partial charge in [-0.25, -0.2) is 4.79 Å². The number of fused-ring (bicyclic) bond motifs is 1. The van der Waals surface area contributed by atoms with E-state index in [0.717, 1.165) is 0 Å². The lowest BCUT2D eigenvalue weighted by molar-refractivity contribution is -0.121. The highest BCUT2D eigenvalue weighted by Gasteiger charge is 2.34. The highest BCUT2D eigenvalue weighted by Crippen LogP contribution is 2.22. The average molecular weight is 509 g/mol. The van der Waals surface area contributed by atoms with Crippen molar-refractivity contribution in [2.75, 3.05) is 18.4 Å². The molecular weight excluding hydrogens is 476 g/mol. The number of para-hydroxylation sites is 1. The number of nitrogens with zero attached hydrogens (tertiary/aromatic N) is 1. The number of amides is 5. The Hall–Kier alpha value is -4.21. The van der Waals surface area contributed by atoms with Crippen LogP contribution in [0.2, 0.25) is 0 Å². The third-order valence-corrected chi connectivity index (χ3v) is 5.45. The van der Waals surface area contributed by atoms with Gasteiger partial charge in [0.15, 0.2) is 0 Å². The summed E-state index contributed by atoms with van der Waals surface area (Å²) in [6, 6.07) is 13.7. The molecule has 1 heterocycles. The molecule has 0 fully saturated rings. The van der Waals surface area contributed by atoms with Gasteiger partial charge in [0, 0.05) is 38.2 Å². The molecule has 3 rings (SSSR count). The van der Waals surface area contributed by atoms with Crippen LogP contribution < -0.4 is 16.0 Å². The van der Waals surface area contributed by atoms with Crippen LogP contribution in [0.4, 0.5) is 10.5 Å². The summed E-state index contributed by atoms with van der Waals surface area (Å²) in [5.74, 6) is -1.21. The van der Waals surface area contributed by atoms with Crippen molar-refractivity contribution < 1.29 is 28.7 Å². The topological polar surface area (TPSA) is 134 Å². The van der Waals surface area contributed by atoms with Gasteiger partial charge in [0.2, 0.25) is 11.8 Å². The summed E-state index contributed by atoms with van der Waals surface area (Å²) < 4.78 is 5.14. The second-order valence-electron chi connectivity index (χ2n) is 9.57. The summed E-state index contributed by atoms with van der Waals surface area (Å²) in [6.45, 7) is 5.73. The van der Waals surface area contributed by atoms with Crippen molar-refractivity contribution in [3.63, 3.8) is 0 Å². The number of benzene rings is 2. The highest BCUT2D eigenvalue weighted by molar-refractivity contribution is 6.21. The summed E-state index contributed by atoms with van der Waals surface area (Å²) in [6.07, 6.45) is -0.0671. The van der Waals surface area contributed by atoms with Crippen LogP contribution in [0.3, 0.4) is 0 Å². The van der Waals surface area contributed by atoms with Crippen LogP contribution in [0.1, 0.15) is 66.3 Å². The number of alkyl carbamates (subject to hydrolysis) is 1. The van der Waals surface area contributed by atoms with E-state index in [0.29, 0.717) is 28.8 Å². The first-order valence-electron chi connectivity index (χ1n) is 12.1. The summed E-state index contributed by atoms with van der Waals surface area (Å²) in [4.78, 5) is 62.4. The second-order valence-corrected chi connectivity index (χ2v) is 9.57. The molecule has 10 heteroatoms. The zero-order valence-corrected chi connectivity index (χ0v) is 21.3. The van der Waals surface area contributed by atoms with E-state index in [-0.39, 0.29) is 56.1 Å². The number of carbonyl (C=O) groups excluding carboxylic acids is 5. The molecule has 0 unspecified atom stereocenters. The molecule has 0 aromatic heterocycles. The third kappa shape index (κ3) is 7.89. The van der Waals surface area contributed by atoms with Crippen LogP contribution in [0.25, 0.3) is 0 Å². The first kappa shape index (κ1) is 27.4. The van der Waals surface area contributed by atoms with Gasteiger partial charge in [-0.1, -0.05) is 30.3 Å². The molecule has 1 aliphatic heterocycles. The number of hydrogen-bond acceptors (Lipinski definition) is 6. The van der Waals surface area contributed by atoms with Crippen molar-refractivity contribution >= 4 is 35.4 Å². The fourth-order valence-electron chi connectivity index (χ4n) is 3.72. The third-order valence-electron chi connectivity index (χ3n) is 5.45. The summed E-state index contributed by atoms with van der Waals surface area (Å²) in [5.41, 5.74) is 1.41. The fraction of sp³-hybridized carbons (Fsp3) is 0.370. The lowest BCUT2D eigenvalue weighted by Gasteiger charge is -2.19. The maximum atomic E-state index is 12.4. The molecule has 1 aliphatic rings. The predicted octanol–water partition coefficient (Wildman–Crippen LogP) is 3.23. The fourth-order valence-corrected chi connectivity index (χ4v) is 3.72. The Labute approximate surface area is 215 Å². The average Bonchev–Trinajstić information content (AvgIpc) is 3.07. The van der Waals surface area contributed by atoms with Crippen LogP contribution in [0, 0.1) is 0 Å². The van der Waals surface area contributed by atoms with E-state index < -0.39 is 11.7 Å². The normalized spacial score (nSPS) is 12.7. The molecule has 0 saturated heterocycles. The molecular formula is C27H32N4O6. The first-order valence-corrected chi connectivity index (χ1v) is 12.1. The van der Waals surface area contributed by atoms with Crippen molar-refractivity contribution in [1.82, 2.24) is 15.5 Å². The summed E-state index contributed by atoms with van der Waals surface area (Å²) in [5, 5.41) is 8.13. The van der Waals surface area contributed by atoms with E-state index in [1.54, 1.807) is 69.3 Å². The molecule has 10 nitrogen and oxygen atoms in total. The predicted molar refractivity (Wildman–Crippen MR) is 137 cm³/mol. The standard InChI is InChI=1S/C27H32N4O6/c1-27(2,3)37-26(36)28-15-14-23(33)30-21-12-7-4-9-18(21)17-29-22(32)13-8-16-31-24(34)19-10-5-6-11-20(19)25(31)35/h4-7,9-12H,8,13-17H2,1-3H3,(H,28,36)(H,29,32)(H,30,33). The van der Waals surface area contributed by atoms with Gasteiger partial charge < -0.3 is 20.7 Å². The van der Waals surface area contributed by atoms with Gasteiger partial charge in [-0.2, -0.15) is 0 Å². The summed E-state index contributed by atoms with van der Waals surface area (Å²) >= 11 is 0. The first-order chi connectivity index (χ1) is 17.5. The maximum Gasteiger partial charge on any atom is 0.407 e.